The lowest BCUT2D eigenvalue weighted by molar-refractivity contribution is 0.203. The van der Waals surface area contributed by atoms with Crippen molar-refractivity contribution in [2.45, 2.75) is 76.3 Å². The molecule has 1 saturated heterocycles. The fourth-order valence-electron chi connectivity index (χ4n) is 5.57. The number of hydrogen-bond acceptors (Lipinski definition) is 3. The van der Waals surface area contributed by atoms with Crippen molar-refractivity contribution in [2.75, 3.05) is 37.6 Å². The van der Waals surface area contributed by atoms with Crippen LogP contribution in [0.2, 0.25) is 10.0 Å². The summed E-state index contributed by atoms with van der Waals surface area (Å²) in [5.74, 6) is 0.787. The molecule has 7 heteroatoms. The molecule has 1 aromatic rings. The molecule has 3 aliphatic rings. The Balaban J connectivity index is 1.11. The van der Waals surface area contributed by atoms with Crippen molar-refractivity contribution in [3.8, 4) is 0 Å². The van der Waals surface area contributed by atoms with Gasteiger partial charge < -0.3 is 15.5 Å². The SMILES string of the molecule is O=C(NC1CCCCC1)N[C@H]1CC[C@H](CCN2CCN(c3cccc(Cl)c3Cl)CC2)CC1. The lowest BCUT2D eigenvalue weighted by Crippen LogP contribution is -2.48. The molecule has 2 amide bonds. The maximum absolute atomic E-state index is 12.3. The smallest absolute Gasteiger partial charge is 0.315 e. The zero-order chi connectivity index (χ0) is 22.3. The summed E-state index contributed by atoms with van der Waals surface area (Å²) < 4.78 is 0. The number of nitrogens with zero attached hydrogens (tertiary/aromatic N) is 2. The number of urea groups is 1. The molecule has 0 atom stereocenters. The topological polar surface area (TPSA) is 47.6 Å². The Hall–Kier alpha value is -1.17. The first-order valence-corrected chi connectivity index (χ1v) is 13.3. The zero-order valence-electron chi connectivity index (χ0n) is 19.1. The first-order chi connectivity index (χ1) is 15.6. The summed E-state index contributed by atoms with van der Waals surface area (Å²) in [6, 6.07) is 6.66. The van der Waals surface area contributed by atoms with E-state index in [1.54, 1.807) is 0 Å². The van der Waals surface area contributed by atoms with Crippen molar-refractivity contribution in [1.29, 1.82) is 0 Å². The van der Waals surface area contributed by atoms with E-state index in [0.29, 0.717) is 22.1 Å². The lowest BCUT2D eigenvalue weighted by atomic mass is 9.84. The molecule has 1 heterocycles. The van der Waals surface area contributed by atoms with Crippen LogP contribution in [-0.2, 0) is 0 Å². The Labute approximate surface area is 203 Å². The summed E-state index contributed by atoms with van der Waals surface area (Å²) in [5, 5.41) is 7.72. The summed E-state index contributed by atoms with van der Waals surface area (Å²) in [4.78, 5) is 17.2. The quantitative estimate of drug-likeness (QED) is 0.548. The minimum absolute atomic E-state index is 0.0537. The van der Waals surface area contributed by atoms with Gasteiger partial charge in [-0.1, -0.05) is 48.5 Å². The van der Waals surface area contributed by atoms with E-state index in [4.69, 9.17) is 23.2 Å². The van der Waals surface area contributed by atoms with Crippen LogP contribution < -0.4 is 15.5 Å². The second-order valence-corrected chi connectivity index (χ2v) is 10.6. The second kappa shape index (κ2) is 11.8. The molecule has 4 rings (SSSR count). The van der Waals surface area contributed by atoms with Gasteiger partial charge >= 0.3 is 6.03 Å². The fraction of sp³-hybridized carbons (Fsp3) is 0.720. The van der Waals surface area contributed by atoms with Gasteiger partial charge in [-0.3, -0.25) is 4.90 Å². The minimum Gasteiger partial charge on any atom is -0.368 e. The number of nitrogens with one attached hydrogen (secondary N) is 2. The third kappa shape index (κ3) is 6.68. The van der Waals surface area contributed by atoms with Gasteiger partial charge in [0.1, 0.15) is 0 Å². The molecule has 5 nitrogen and oxygen atoms in total. The van der Waals surface area contributed by atoms with Crippen LogP contribution in [-0.4, -0.2) is 55.7 Å². The van der Waals surface area contributed by atoms with E-state index >= 15 is 0 Å². The Morgan fingerprint density at radius 3 is 2.22 bits per heavy atom. The summed E-state index contributed by atoms with van der Waals surface area (Å²) in [7, 11) is 0. The predicted octanol–water partition coefficient (Wildman–Crippen LogP) is 5.70. The molecule has 178 valence electrons. The highest BCUT2D eigenvalue weighted by atomic mass is 35.5. The molecular weight excluding hydrogens is 443 g/mol. The second-order valence-electron chi connectivity index (χ2n) is 9.86. The largest absolute Gasteiger partial charge is 0.368 e. The number of carbonyl (C=O) groups is 1. The van der Waals surface area contributed by atoms with Crippen LogP contribution in [0.4, 0.5) is 10.5 Å². The number of hydrogen-bond donors (Lipinski definition) is 2. The first kappa shape index (κ1) is 24.0. The Kier molecular flexibility index (Phi) is 8.84. The average molecular weight is 482 g/mol. The molecule has 0 aromatic heterocycles. The Bertz CT molecular complexity index is 739. The highest BCUT2D eigenvalue weighted by molar-refractivity contribution is 6.43. The number of piperazine rings is 1. The first-order valence-electron chi connectivity index (χ1n) is 12.6. The van der Waals surface area contributed by atoms with E-state index in [0.717, 1.165) is 63.5 Å². The monoisotopic (exact) mass is 480 g/mol. The van der Waals surface area contributed by atoms with Gasteiger partial charge in [-0.25, -0.2) is 4.79 Å². The molecule has 1 aliphatic heterocycles. The van der Waals surface area contributed by atoms with Crippen molar-refractivity contribution in [3.05, 3.63) is 28.2 Å². The highest BCUT2D eigenvalue weighted by Gasteiger charge is 2.25. The van der Waals surface area contributed by atoms with E-state index in [2.05, 4.69) is 26.5 Å². The lowest BCUT2D eigenvalue weighted by Gasteiger charge is -2.37. The van der Waals surface area contributed by atoms with Crippen LogP contribution in [0.25, 0.3) is 0 Å². The Morgan fingerprint density at radius 1 is 0.875 bits per heavy atom. The van der Waals surface area contributed by atoms with Gasteiger partial charge in [0.2, 0.25) is 0 Å². The van der Waals surface area contributed by atoms with Crippen LogP contribution in [0.3, 0.4) is 0 Å². The number of benzene rings is 1. The summed E-state index contributed by atoms with van der Waals surface area (Å²) in [5.41, 5.74) is 1.05. The summed E-state index contributed by atoms with van der Waals surface area (Å²) in [6.45, 7) is 5.30. The van der Waals surface area contributed by atoms with Crippen molar-refractivity contribution >= 4 is 34.9 Å². The highest BCUT2D eigenvalue weighted by Crippen LogP contribution is 2.33. The zero-order valence-corrected chi connectivity index (χ0v) is 20.6. The molecule has 1 aromatic carbocycles. The van der Waals surface area contributed by atoms with E-state index in [1.807, 2.05) is 12.1 Å². The molecule has 0 unspecified atom stereocenters. The molecule has 3 fully saturated rings. The van der Waals surface area contributed by atoms with Gasteiger partial charge in [0.25, 0.3) is 0 Å². The Morgan fingerprint density at radius 2 is 1.53 bits per heavy atom. The third-order valence-electron chi connectivity index (χ3n) is 7.62. The number of anilines is 1. The van der Waals surface area contributed by atoms with Crippen LogP contribution in [0.15, 0.2) is 18.2 Å². The van der Waals surface area contributed by atoms with Crippen LogP contribution >= 0.6 is 23.2 Å². The molecule has 2 aliphatic carbocycles. The van der Waals surface area contributed by atoms with Crippen molar-refractivity contribution in [3.63, 3.8) is 0 Å². The predicted molar refractivity (Wildman–Crippen MR) is 134 cm³/mol. The molecule has 0 radical (unpaired) electrons. The average Bonchev–Trinajstić information content (AvgIpc) is 2.81. The number of carbonyl (C=O) groups excluding carboxylic acids is 1. The van der Waals surface area contributed by atoms with Crippen LogP contribution in [0.5, 0.6) is 0 Å². The fourth-order valence-corrected chi connectivity index (χ4v) is 5.98. The van der Waals surface area contributed by atoms with E-state index in [9.17, 15) is 4.79 Å². The van der Waals surface area contributed by atoms with Gasteiger partial charge in [-0.05, 0) is 69.5 Å². The molecule has 32 heavy (non-hydrogen) atoms. The third-order valence-corrected chi connectivity index (χ3v) is 8.43. The number of halogens is 2. The minimum atomic E-state index is 0.0537. The molecular formula is C25H38Cl2N4O. The van der Waals surface area contributed by atoms with E-state index in [-0.39, 0.29) is 6.03 Å². The maximum atomic E-state index is 12.3. The van der Waals surface area contributed by atoms with Gasteiger partial charge in [-0.2, -0.15) is 0 Å². The molecule has 0 spiro atoms. The number of amides is 2. The molecule has 2 saturated carbocycles. The van der Waals surface area contributed by atoms with Crippen LogP contribution in [0, 0.1) is 5.92 Å². The van der Waals surface area contributed by atoms with Crippen LogP contribution in [0.1, 0.15) is 64.2 Å². The van der Waals surface area contributed by atoms with Gasteiger partial charge in [-0.15, -0.1) is 0 Å². The van der Waals surface area contributed by atoms with Gasteiger partial charge in [0.15, 0.2) is 0 Å². The number of rotatable bonds is 6. The van der Waals surface area contributed by atoms with Crippen molar-refractivity contribution < 1.29 is 4.79 Å². The summed E-state index contributed by atoms with van der Waals surface area (Å²) in [6.07, 6.45) is 12.0. The van der Waals surface area contributed by atoms with E-state index in [1.165, 1.54) is 45.1 Å². The van der Waals surface area contributed by atoms with Gasteiger partial charge in [0.05, 0.1) is 15.7 Å². The molecule has 2 N–H and O–H groups in total. The van der Waals surface area contributed by atoms with Gasteiger partial charge in [0, 0.05) is 38.3 Å². The van der Waals surface area contributed by atoms with E-state index < -0.39 is 0 Å². The van der Waals surface area contributed by atoms with Crippen molar-refractivity contribution in [1.82, 2.24) is 15.5 Å². The normalized spacial score (nSPS) is 25.5. The maximum Gasteiger partial charge on any atom is 0.315 e. The van der Waals surface area contributed by atoms with Crippen molar-refractivity contribution in [2.24, 2.45) is 5.92 Å². The standard InChI is InChI=1S/C25H38Cl2N4O/c26-22-7-4-8-23(24(22)27)31-17-15-30(16-18-31)14-13-19-9-11-21(12-10-19)29-25(32)28-20-5-2-1-3-6-20/h4,7-8,19-21H,1-3,5-6,9-18H2,(H2,28,29,32)/t19-,21-. The summed E-state index contributed by atoms with van der Waals surface area (Å²) >= 11 is 12.6. The molecule has 0 bridgehead atoms.